The first kappa shape index (κ1) is 14.9. The standard InChI is InChI=1S/C14H12ClN3O3/c1-8-3-4-10(7-9(8)2)17-14(19)11-5-6-16-13(15)12(11)18(20)21/h3-7H,1-2H3,(H,17,19). The van der Waals surface area contributed by atoms with Crippen molar-refractivity contribution in [3.8, 4) is 0 Å². The van der Waals surface area contributed by atoms with E-state index < -0.39 is 16.5 Å². The zero-order valence-corrected chi connectivity index (χ0v) is 12.1. The number of carbonyl (C=O) groups is 1. The van der Waals surface area contributed by atoms with Gasteiger partial charge in [-0.1, -0.05) is 17.7 Å². The molecule has 1 aromatic heterocycles. The number of nitrogens with one attached hydrogen (secondary N) is 1. The number of nitrogens with zero attached hydrogens (tertiary/aromatic N) is 2. The topological polar surface area (TPSA) is 85.1 Å². The summed E-state index contributed by atoms with van der Waals surface area (Å²) >= 11 is 5.68. The van der Waals surface area contributed by atoms with Gasteiger partial charge in [-0.05, 0) is 43.2 Å². The van der Waals surface area contributed by atoms with E-state index in [0.29, 0.717) is 5.69 Å². The zero-order chi connectivity index (χ0) is 15.6. The summed E-state index contributed by atoms with van der Waals surface area (Å²) in [6.07, 6.45) is 1.25. The number of carbonyl (C=O) groups excluding carboxylic acids is 1. The molecule has 0 spiro atoms. The maximum absolute atomic E-state index is 12.2. The summed E-state index contributed by atoms with van der Waals surface area (Å²) in [7, 11) is 0. The van der Waals surface area contributed by atoms with E-state index in [1.807, 2.05) is 19.9 Å². The largest absolute Gasteiger partial charge is 0.322 e. The molecule has 0 aliphatic rings. The molecule has 108 valence electrons. The van der Waals surface area contributed by atoms with Crippen LogP contribution in [0.3, 0.4) is 0 Å². The number of rotatable bonds is 3. The number of hydrogen-bond donors (Lipinski definition) is 1. The molecular formula is C14H12ClN3O3. The third-order valence-corrected chi connectivity index (χ3v) is 3.35. The minimum absolute atomic E-state index is 0.127. The molecule has 0 aliphatic heterocycles. The van der Waals surface area contributed by atoms with Crippen molar-refractivity contribution in [1.29, 1.82) is 0 Å². The van der Waals surface area contributed by atoms with E-state index in [1.165, 1.54) is 12.3 Å². The molecule has 2 rings (SSSR count). The van der Waals surface area contributed by atoms with Gasteiger partial charge in [0.1, 0.15) is 5.56 Å². The van der Waals surface area contributed by atoms with E-state index in [4.69, 9.17) is 11.6 Å². The van der Waals surface area contributed by atoms with E-state index in [0.717, 1.165) is 11.1 Å². The molecule has 0 aliphatic carbocycles. The van der Waals surface area contributed by atoms with E-state index in [-0.39, 0.29) is 10.7 Å². The van der Waals surface area contributed by atoms with Gasteiger partial charge >= 0.3 is 5.69 Å². The maximum atomic E-state index is 12.2. The Morgan fingerprint density at radius 2 is 2.00 bits per heavy atom. The summed E-state index contributed by atoms with van der Waals surface area (Å²) in [5.41, 5.74) is 2.03. The van der Waals surface area contributed by atoms with Gasteiger partial charge in [0.05, 0.1) is 4.92 Å². The van der Waals surface area contributed by atoms with Crippen LogP contribution in [0, 0.1) is 24.0 Å². The van der Waals surface area contributed by atoms with Crippen LogP contribution in [-0.2, 0) is 0 Å². The highest BCUT2D eigenvalue weighted by Gasteiger charge is 2.24. The lowest BCUT2D eigenvalue weighted by Gasteiger charge is -2.08. The third-order valence-electron chi connectivity index (χ3n) is 3.07. The Bertz CT molecular complexity index is 731. The lowest BCUT2D eigenvalue weighted by molar-refractivity contribution is -0.385. The molecule has 21 heavy (non-hydrogen) atoms. The van der Waals surface area contributed by atoms with Crippen LogP contribution in [0.15, 0.2) is 30.5 Å². The van der Waals surface area contributed by atoms with Crippen molar-refractivity contribution >= 4 is 28.9 Å². The fourth-order valence-corrected chi connectivity index (χ4v) is 2.03. The van der Waals surface area contributed by atoms with Gasteiger partial charge in [-0.15, -0.1) is 0 Å². The fourth-order valence-electron chi connectivity index (χ4n) is 1.80. The van der Waals surface area contributed by atoms with Gasteiger partial charge in [-0.2, -0.15) is 0 Å². The Balaban J connectivity index is 2.35. The molecule has 0 fully saturated rings. The van der Waals surface area contributed by atoms with Crippen molar-refractivity contribution in [3.05, 3.63) is 62.4 Å². The normalized spacial score (nSPS) is 10.2. The van der Waals surface area contributed by atoms with Gasteiger partial charge in [0.25, 0.3) is 5.91 Å². The van der Waals surface area contributed by atoms with Gasteiger partial charge in [0.15, 0.2) is 0 Å². The molecule has 0 bridgehead atoms. The van der Waals surface area contributed by atoms with Crippen molar-refractivity contribution in [2.75, 3.05) is 5.32 Å². The van der Waals surface area contributed by atoms with Gasteiger partial charge in [-0.3, -0.25) is 14.9 Å². The summed E-state index contributed by atoms with van der Waals surface area (Å²) in [5.74, 6) is -0.603. The lowest BCUT2D eigenvalue weighted by Crippen LogP contribution is -2.14. The molecule has 0 saturated heterocycles. The zero-order valence-electron chi connectivity index (χ0n) is 11.4. The third kappa shape index (κ3) is 3.17. The van der Waals surface area contributed by atoms with Crippen LogP contribution in [-0.4, -0.2) is 15.8 Å². The van der Waals surface area contributed by atoms with Crippen LogP contribution in [0.1, 0.15) is 21.5 Å². The maximum Gasteiger partial charge on any atom is 0.319 e. The molecule has 1 aromatic carbocycles. The number of pyridine rings is 1. The molecule has 6 nitrogen and oxygen atoms in total. The van der Waals surface area contributed by atoms with Crippen LogP contribution in [0.4, 0.5) is 11.4 Å². The molecule has 2 aromatic rings. The number of amides is 1. The summed E-state index contributed by atoms with van der Waals surface area (Å²) in [6, 6.07) is 6.65. The first-order valence-corrected chi connectivity index (χ1v) is 6.45. The predicted octanol–water partition coefficient (Wildman–Crippen LogP) is 3.51. The van der Waals surface area contributed by atoms with Crippen LogP contribution < -0.4 is 5.32 Å². The van der Waals surface area contributed by atoms with Crippen LogP contribution in [0.25, 0.3) is 0 Å². The second kappa shape index (κ2) is 5.88. The molecule has 1 N–H and O–H groups in total. The number of benzene rings is 1. The Morgan fingerprint density at radius 3 is 2.62 bits per heavy atom. The highest BCUT2D eigenvalue weighted by atomic mass is 35.5. The molecule has 0 radical (unpaired) electrons. The van der Waals surface area contributed by atoms with E-state index in [9.17, 15) is 14.9 Å². The molecule has 0 saturated carbocycles. The Labute approximate surface area is 125 Å². The van der Waals surface area contributed by atoms with Crippen molar-refractivity contribution in [2.24, 2.45) is 0 Å². The fraction of sp³-hybridized carbons (Fsp3) is 0.143. The molecule has 0 unspecified atom stereocenters. The van der Waals surface area contributed by atoms with E-state index in [1.54, 1.807) is 12.1 Å². The van der Waals surface area contributed by atoms with Crippen molar-refractivity contribution in [2.45, 2.75) is 13.8 Å². The Kier molecular flexibility index (Phi) is 4.18. The van der Waals surface area contributed by atoms with Gasteiger partial charge in [0.2, 0.25) is 5.15 Å². The van der Waals surface area contributed by atoms with Crippen LogP contribution >= 0.6 is 11.6 Å². The van der Waals surface area contributed by atoms with Crippen molar-refractivity contribution in [1.82, 2.24) is 4.98 Å². The number of aromatic nitrogens is 1. The Hall–Kier alpha value is -2.47. The highest BCUT2D eigenvalue weighted by molar-refractivity contribution is 6.32. The number of nitro groups is 1. The van der Waals surface area contributed by atoms with Gasteiger partial charge < -0.3 is 5.32 Å². The van der Waals surface area contributed by atoms with Crippen LogP contribution in [0.2, 0.25) is 5.15 Å². The summed E-state index contributed by atoms with van der Waals surface area (Å²) < 4.78 is 0. The second-order valence-corrected chi connectivity index (χ2v) is 4.87. The molecular weight excluding hydrogens is 294 g/mol. The number of aryl methyl sites for hydroxylation is 2. The van der Waals surface area contributed by atoms with Gasteiger partial charge in [-0.25, -0.2) is 4.98 Å². The second-order valence-electron chi connectivity index (χ2n) is 4.51. The quantitative estimate of drug-likeness (QED) is 0.534. The monoisotopic (exact) mass is 305 g/mol. The summed E-state index contributed by atoms with van der Waals surface area (Å²) in [4.78, 5) is 26.1. The number of hydrogen-bond acceptors (Lipinski definition) is 4. The minimum atomic E-state index is -0.718. The smallest absolute Gasteiger partial charge is 0.319 e. The first-order chi connectivity index (χ1) is 9.90. The predicted molar refractivity (Wildman–Crippen MR) is 79.8 cm³/mol. The average molecular weight is 306 g/mol. The van der Waals surface area contributed by atoms with E-state index in [2.05, 4.69) is 10.3 Å². The van der Waals surface area contributed by atoms with Crippen molar-refractivity contribution < 1.29 is 9.72 Å². The Morgan fingerprint density at radius 1 is 1.29 bits per heavy atom. The van der Waals surface area contributed by atoms with Crippen LogP contribution in [0.5, 0.6) is 0 Å². The number of halogens is 1. The molecule has 1 heterocycles. The van der Waals surface area contributed by atoms with E-state index >= 15 is 0 Å². The number of anilines is 1. The van der Waals surface area contributed by atoms with Crippen molar-refractivity contribution in [3.63, 3.8) is 0 Å². The summed E-state index contributed by atoms with van der Waals surface area (Å²) in [5, 5.41) is 13.3. The lowest BCUT2D eigenvalue weighted by atomic mass is 10.1. The SMILES string of the molecule is Cc1ccc(NC(=O)c2ccnc(Cl)c2[N+](=O)[O-])cc1C. The van der Waals surface area contributed by atoms with Gasteiger partial charge in [0, 0.05) is 11.9 Å². The molecule has 0 atom stereocenters. The minimum Gasteiger partial charge on any atom is -0.322 e. The first-order valence-electron chi connectivity index (χ1n) is 6.07. The highest BCUT2D eigenvalue weighted by Crippen LogP contribution is 2.26. The average Bonchev–Trinajstić information content (AvgIpc) is 2.42. The molecule has 1 amide bonds. The summed E-state index contributed by atoms with van der Waals surface area (Å²) in [6.45, 7) is 3.87. The molecule has 7 heteroatoms.